The summed E-state index contributed by atoms with van der Waals surface area (Å²) in [5.74, 6) is 1.91. The molecule has 0 bridgehead atoms. The fourth-order valence-electron chi connectivity index (χ4n) is 3.08. The Balaban J connectivity index is 1.95. The maximum atomic E-state index is 4.90. The van der Waals surface area contributed by atoms with Gasteiger partial charge in [0, 0.05) is 15.8 Å². The van der Waals surface area contributed by atoms with Crippen molar-refractivity contribution in [2.24, 2.45) is 0 Å². The number of hydrogen-bond donors (Lipinski definition) is 0. The molecule has 2 aromatic heterocycles. The summed E-state index contributed by atoms with van der Waals surface area (Å²) in [6.45, 7) is 2.19. The number of benzene rings is 1. The van der Waals surface area contributed by atoms with Gasteiger partial charge in [0.25, 0.3) is 0 Å². The zero-order valence-electron chi connectivity index (χ0n) is 12.6. The molecule has 1 aliphatic rings. The molecule has 0 aliphatic heterocycles. The molecule has 1 aromatic carbocycles. The Hall–Kier alpha value is -1.39. The number of rotatable bonds is 3. The number of aromatic nitrogens is 2. The molecule has 0 radical (unpaired) electrons. The van der Waals surface area contributed by atoms with Crippen LogP contribution in [0.25, 0.3) is 21.6 Å². The molecular formula is C18H18N2S2. The minimum absolute atomic E-state index is 0.864. The first-order chi connectivity index (χ1) is 10.9. The van der Waals surface area contributed by atoms with Crippen molar-refractivity contribution in [3.8, 4) is 11.4 Å². The summed E-state index contributed by atoms with van der Waals surface area (Å²) < 4.78 is 0. The largest absolute Gasteiger partial charge is 0.221 e. The van der Waals surface area contributed by atoms with Gasteiger partial charge in [0.05, 0.1) is 0 Å². The van der Waals surface area contributed by atoms with E-state index in [0.717, 1.165) is 17.1 Å². The summed E-state index contributed by atoms with van der Waals surface area (Å²) in [6.07, 6.45) is 5.03. The number of nitrogens with zero attached hydrogens (tertiary/aromatic N) is 2. The molecule has 112 valence electrons. The monoisotopic (exact) mass is 326 g/mol. The summed E-state index contributed by atoms with van der Waals surface area (Å²) in [4.78, 5) is 12.5. The van der Waals surface area contributed by atoms with E-state index in [9.17, 15) is 0 Å². The highest BCUT2D eigenvalue weighted by Crippen LogP contribution is 2.40. The lowest BCUT2D eigenvalue weighted by Crippen LogP contribution is -1.99. The Bertz CT molecular complexity index is 809. The van der Waals surface area contributed by atoms with Gasteiger partial charge in [-0.2, -0.15) is 0 Å². The minimum Gasteiger partial charge on any atom is -0.221 e. The Morgan fingerprint density at radius 3 is 2.73 bits per heavy atom. The van der Waals surface area contributed by atoms with Crippen molar-refractivity contribution in [3.05, 3.63) is 40.8 Å². The standard InChI is InChI=1S/C18H18N2S2/c1-2-21-17-15-13-10-6-7-11-14(13)22-18(15)20-16(19-17)12-8-4-3-5-9-12/h3-5,8-9H,2,6-7,10-11H2,1H3. The predicted octanol–water partition coefficient (Wildman–Crippen LogP) is 5.35. The van der Waals surface area contributed by atoms with Gasteiger partial charge in [-0.15, -0.1) is 23.1 Å². The van der Waals surface area contributed by atoms with Crippen molar-refractivity contribution < 1.29 is 0 Å². The van der Waals surface area contributed by atoms with Crippen LogP contribution >= 0.6 is 23.1 Å². The van der Waals surface area contributed by atoms with Crippen LogP contribution in [0, 0.1) is 0 Å². The average Bonchev–Trinajstić information content (AvgIpc) is 2.94. The number of thioether (sulfide) groups is 1. The highest BCUT2D eigenvalue weighted by Gasteiger charge is 2.21. The molecule has 4 rings (SSSR count). The first-order valence-corrected chi connectivity index (χ1v) is 9.67. The van der Waals surface area contributed by atoms with E-state index in [1.54, 1.807) is 4.88 Å². The molecular weight excluding hydrogens is 308 g/mol. The van der Waals surface area contributed by atoms with Crippen LogP contribution in [-0.4, -0.2) is 15.7 Å². The summed E-state index contributed by atoms with van der Waals surface area (Å²) in [5.41, 5.74) is 2.63. The van der Waals surface area contributed by atoms with E-state index in [1.165, 1.54) is 46.5 Å². The van der Waals surface area contributed by atoms with E-state index in [4.69, 9.17) is 9.97 Å². The topological polar surface area (TPSA) is 25.8 Å². The normalized spacial score (nSPS) is 14.2. The van der Waals surface area contributed by atoms with E-state index >= 15 is 0 Å². The van der Waals surface area contributed by atoms with Crippen LogP contribution in [0.5, 0.6) is 0 Å². The summed E-state index contributed by atoms with van der Waals surface area (Å²) in [6, 6.07) is 10.3. The van der Waals surface area contributed by atoms with Crippen molar-refractivity contribution in [3.63, 3.8) is 0 Å². The second-order valence-electron chi connectivity index (χ2n) is 5.54. The molecule has 3 aromatic rings. The molecule has 0 N–H and O–H groups in total. The van der Waals surface area contributed by atoms with Gasteiger partial charge in [-0.25, -0.2) is 9.97 Å². The van der Waals surface area contributed by atoms with E-state index in [2.05, 4.69) is 31.2 Å². The third kappa shape index (κ3) is 2.44. The zero-order valence-corrected chi connectivity index (χ0v) is 14.3. The van der Waals surface area contributed by atoms with Gasteiger partial charge in [0.15, 0.2) is 5.82 Å². The summed E-state index contributed by atoms with van der Waals surface area (Å²) >= 11 is 3.73. The third-order valence-electron chi connectivity index (χ3n) is 4.09. The van der Waals surface area contributed by atoms with Crippen LogP contribution in [0.2, 0.25) is 0 Å². The fourth-order valence-corrected chi connectivity index (χ4v) is 5.20. The SMILES string of the molecule is CCSc1nc(-c2ccccc2)nc2sc3c(c12)CCCC3. The van der Waals surface area contributed by atoms with E-state index < -0.39 is 0 Å². The van der Waals surface area contributed by atoms with E-state index in [-0.39, 0.29) is 0 Å². The molecule has 4 heteroatoms. The lowest BCUT2D eigenvalue weighted by Gasteiger charge is -2.11. The number of aryl methyl sites for hydroxylation is 2. The molecule has 0 amide bonds. The molecule has 2 nitrogen and oxygen atoms in total. The van der Waals surface area contributed by atoms with Gasteiger partial charge in [-0.1, -0.05) is 37.3 Å². The maximum absolute atomic E-state index is 4.90. The smallest absolute Gasteiger partial charge is 0.162 e. The molecule has 1 aliphatic carbocycles. The van der Waals surface area contributed by atoms with Crippen LogP contribution in [0.4, 0.5) is 0 Å². The van der Waals surface area contributed by atoms with Crippen molar-refractivity contribution in [2.45, 2.75) is 37.6 Å². The Morgan fingerprint density at radius 1 is 1.09 bits per heavy atom. The molecule has 2 heterocycles. The lowest BCUT2D eigenvalue weighted by atomic mass is 9.97. The number of thiophene rings is 1. The second kappa shape index (κ2) is 6.01. The van der Waals surface area contributed by atoms with Crippen LogP contribution in [-0.2, 0) is 12.8 Å². The average molecular weight is 326 g/mol. The molecule has 22 heavy (non-hydrogen) atoms. The molecule has 0 spiro atoms. The van der Waals surface area contributed by atoms with Gasteiger partial charge in [0.2, 0.25) is 0 Å². The zero-order chi connectivity index (χ0) is 14.9. The van der Waals surface area contributed by atoms with Crippen molar-refractivity contribution in [2.75, 3.05) is 5.75 Å². The van der Waals surface area contributed by atoms with Crippen molar-refractivity contribution in [1.29, 1.82) is 0 Å². The second-order valence-corrected chi connectivity index (χ2v) is 7.88. The number of fused-ring (bicyclic) bond motifs is 3. The van der Waals surface area contributed by atoms with E-state index in [0.29, 0.717) is 0 Å². The Labute approximate surface area is 139 Å². The lowest BCUT2D eigenvalue weighted by molar-refractivity contribution is 0.699. The molecule has 0 saturated carbocycles. The van der Waals surface area contributed by atoms with Gasteiger partial charge < -0.3 is 0 Å². The van der Waals surface area contributed by atoms with Gasteiger partial charge in [0.1, 0.15) is 9.86 Å². The van der Waals surface area contributed by atoms with Crippen LogP contribution in [0.3, 0.4) is 0 Å². The van der Waals surface area contributed by atoms with Crippen LogP contribution in [0.1, 0.15) is 30.2 Å². The number of hydrogen-bond acceptors (Lipinski definition) is 4. The van der Waals surface area contributed by atoms with Crippen LogP contribution in [0.15, 0.2) is 35.4 Å². The van der Waals surface area contributed by atoms with Crippen molar-refractivity contribution >= 4 is 33.3 Å². The highest BCUT2D eigenvalue weighted by molar-refractivity contribution is 7.99. The third-order valence-corrected chi connectivity index (χ3v) is 6.14. The minimum atomic E-state index is 0.864. The first-order valence-electron chi connectivity index (χ1n) is 7.87. The Kier molecular flexibility index (Phi) is 3.89. The molecule has 0 saturated heterocycles. The van der Waals surface area contributed by atoms with Crippen LogP contribution < -0.4 is 0 Å². The fraction of sp³-hybridized carbons (Fsp3) is 0.333. The first kappa shape index (κ1) is 14.2. The summed E-state index contributed by atoms with van der Waals surface area (Å²) in [5, 5.41) is 2.51. The molecule has 0 atom stereocenters. The highest BCUT2D eigenvalue weighted by atomic mass is 32.2. The quantitative estimate of drug-likeness (QED) is 0.479. The predicted molar refractivity (Wildman–Crippen MR) is 95.9 cm³/mol. The summed E-state index contributed by atoms with van der Waals surface area (Å²) in [7, 11) is 0. The molecule has 0 fully saturated rings. The maximum Gasteiger partial charge on any atom is 0.162 e. The van der Waals surface area contributed by atoms with Gasteiger partial charge in [-0.05, 0) is 37.0 Å². The Morgan fingerprint density at radius 2 is 1.91 bits per heavy atom. The molecule has 0 unspecified atom stereocenters. The van der Waals surface area contributed by atoms with Gasteiger partial charge in [-0.3, -0.25) is 0 Å². The van der Waals surface area contributed by atoms with E-state index in [1.807, 2.05) is 29.2 Å². The van der Waals surface area contributed by atoms with Crippen molar-refractivity contribution in [1.82, 2.24) is 9.97 Å². The van der Waals surface area contributed by atoms with Gasteiger partial charge >= 0.3 is 0 Å².